The fourth-order valence-corrected chi connectivity index (χ4v) is 2.39. The van der Waals surface area contributed by atoms with Gasteiger partial charge in [-0.1, -0.05) is 12.2 Å². The van der Waals surface area contributed by atoms with E-state index in [-0.39, 0.29) is 6.42 Å². The maximum atomic E-state index is 12.2. The average molecular weight is 283 g/mol. The zero-order valence-corrected chi connectivity index (χ0v) is 12.8. The van der Waals surface area contributed by atoms with Crippen molar-refractivity contribution in [3.05, 3.63) is 12.2 Å². The van der Waals surface area contributed by atoms with Crippen LogP contribution in [0.15, 0.2) is 12.2 Å². The Morgan fingerprint density at radius 2 is 2.10 bits per heavy atom. The minimum absolute atomic E-state index is 0.205. The van der Waals surface area contributed by atoms with Crippen molar-refractivity contribution in [1.29, 1.82) is 0 Å². The maximum absolute atomic E-state index is 12.2. The predicted molar refractivity (Wildman–Crippen MR) is 76.4 cm³/mol. The Bertz CT molecular complexity index is 386. The Kier molecular flexibility index (Phi) is 5.34. The van der Waals surface area contributed by atoms with Gasteiger partial charge in [0.25, 0.3) is 0 Å². The summed E-state index contributed by atoms with van der Waals surface area (Å²) in [5, 5.41) is 10.5. The van der Waals surface area contributed by atoms with Crippen LogP contribution in [-0.4, -0.2) is 46.2 Å². The summed E-state index contributed by atoms with van der Waals surface area (Å²) in [5.41, 5.74) is -2.13. The summed E-state index contributed by atoms with van der Waals surface area (Å²) < 4.78 is 5.34. The van der Waals surface area contributed by atoms with Crippen molar-refractivity contribution in [2.75, 3.05) is 6.54 Å². The summed E-state index contributed by atoms with van der Waals surface area (Å²) in [7, 11) is 0. The van der Waals surface area contributed by atoms with E-state index < -0.39 is 23.3 Å². The summed E-state index contributed by atoms with van der Waals surface area (Å²) in [6, 6.07) is -0.522. The van der Waals surface area contributed by atoms with Crippen LogP contribution in [0.25, 0.3) is 0 Å². The van der Waals surface area contributed by atoms with Gasteiger partial charge in [-0.15, -0.1) is 0 Å². The van der Waals surface area contributed by atoms with E-state index in [2.05, 4.69) is 0 Å². The van der Waals surface area contributed by atoms with Crippen molar-refractivity contribution in [3.8, 4) is 0 Å². The number of aliphatic hydroxyl groups is 1. The highest BCUT2D eigenvalue weighted by atomic mass is 16.6. The van der Waals surface area contributed by atoms with Gasteiger partial charge in [0.1, 0.15) is 11.2 Å². The lowest BCUT2D eigenvalue weighted by Crippen LogP contribution is -2.53. The van der Waals surface area contributed by atoms with Gasteiger partial charge in [-0.05, 0) is 40.5 Å². The van der Waals surface area contributed by atoms with Crippen LogP contribution in [-0.2, 0) is 9.53 Å². The van der Waals surface area contributed by atoms with Gasteiger partial charge in [0.2, 0.25) is 0 Å². The van der Waals surface area contributed by atoms with Crippen LogP contribution in [0.3, 0.4) is 0 Å². The molecule has 1 fully saturated rings. The first kappa shape index (κ1) is 16.7. The number of nitrogens with zero attached hydrogens (tertiary/aromatic N) is 1. The molecule has 0 aliphatic carbocycles. The fraction of sp³-hybridized carbons (Fsp3) is 0.733. The largest absolute Gasteiger partial charge is 0.444 e. The van der Waals surface area contributed by atoms with Crippen LogP contribution >= 0.6 is 0 Å². The molecule has 1 aliphatic heterocycles. The molecule has 0 bridgehead atoms. The number of carbonyl (C=O) groups is 2. The molecule has 0 aromatic rings. The third kappa shape index (κ3) is 4.07. The van der Waals surface area contributed by atoms with Crippen LogP contribution in [0, 0.1) is 0 Å². The van der Waals surface area contributed by atoms with Crippen LogP contribution in [0.1, 0.15) is 47.0 Å². The molecule has 1 amide bonds. The van der Waals surface area contributed by atoms with Gasteiger partial charge in [-0.3, -0.25) is 0 Å². The molecule has 0 aromatic heterocycles. The van der Waals surface area contributed by atoms with Crippen molar-refractivity contribution in [2.45, 2.75) is 64.2 Å². The molecular weight excluding hydrogens is 258 g/mol. The monoisotopic (exact) mass is 283 g/mol. The maximum Gasteiger partial charge on any atom is 0.410 e. The molecule has 0 saturated carbocycles. The molecule has 1 saturated heterocycles. The number of hydrogen-bond acceptors (Lipinski definition) is 4. The van der Waals surface area contributed by atoms with Gasteiger partial charge < -0.3 is 19.5 Å². The number of allylic oxidation sites excluding steroid dienone is 1. The van der Waals surface area contributed by atoms with E-state index in [1.807, 2.05) is 6.92 Å². The number of likely N-dealkylation sites (tertiary alicyclic amines) is 1. The van der Waals surface area contributed by atoms with E-state index >= 15 is 0 Å². The number of aldehydes is 1. The van der Waals surface area contributed by atoms with Gasteiger partial charge in [0.05, 0.1) is 6.04 Å². The highest BCUT2D eigenvalue weighted by Crippen LogP contribution is 2.30. The number of amides is 1. The third-order valence-electron chi connectivity index (χ3n) is 3.34. The van der Waals surface area contributed by atoms with Gasteiger partial charge in [-0.25, -0.2) is 4.79 Å². The quantitative estimate of drug-likeness (QED) is 0.635. The first-order chi connectivity index (χ1) is 9.23. The molecule has 0 radical (unpaired) electrons. The lowest BCUT2D eigenvalue weighted by atomic mass is 9.90. The zero-order chi connectivity index (χ0) is 15.4. The molecule has 5 heteroatoms. The van der Waals surface area contributed by atoms with Gasteiger partial charge >= 0.3 is 6.09 Å². The van der Waals surface area contributed by atoms with E-state index in [0.29, 0.717) is 19.3 Å². The van der Waals surface area contributed by atoms with Crippen LogP contribution in [0.4, 0.5) is 4.79 Å². The summed E-state index contributed by atoms with van der Waals surface area (Å²) in [5.74, 6) is 0. The Balaban J connectivity index is 2.87. The van der Waals surface area contributed by atoms with E-state index in [0.717, 1.165) is 6.42 Å². The molecule has 0 spiro atoms. The van der Waals surface area contributed by atoms with Crippen molar-refractivity contribution in [3.63, 3.8) is 0 Å². The summed E-state index contributed by atoms with van der Waals surface area (Å²) in [6.45, 7) is 7.71. The molecule has 1 N–H and O–H groups in total. The third-order valence-corrected chi connectivity index (χ3v) is 3.34. The number of rotatable bonds is 4. The number of carbonyl (C=O) groups excluding carboxylic acids is 2. The zero-order valence-electron chi connectivity index (χ0n) is 12.8. The molecular formula is C15H25NO4. The minimum Gasteiger partial charge on any atom is -0.444 e. The molecule has 0 aromatic carbocycles. The Labute approximate surface area is 120 Å². The summed E-state index contributed by atoms with van der Waals surface area (Å²) >= 11 is 0. The lowest BCUT2D eigenvalue weighted by Gasteiger charge is -2.35. The topological polar surface area (TPSA) is 66.8 Å². The van der Waals surface area contributed by atoms with Crippen LogP contribution in [0.5, 0.6) is 0 Å². The average Bonchev–Trinajstić information content (AvgIpc) is 2.83. The Hall–Kier alpha value is -1.36. The molecule has 1 unspecified atom stereocenters. The molecule has 20 heavy (non-hydrogen) atoms. The first-order valence-electron chi connectivity index (χ1n) is 7.03. The molecule has 5 nitrogen and oxygen atoms in total. The number of ether oxygens (including phenoxy) is 1. The summed E-state index contributed by atoms with van der Waals surface area (Å²) in [6.07, 6.45) is 5.15. The molecule has 1 rings (SSSR count). The molecule has 1 aliphatic rings. The second-order valence-electron chi connectivity index (χ2n) is 6.21. The van der Waals surface area contributed by atoms with Crippen molar-refractivity contribution >= 4 is 12.4 Å². The first-order valence-corrected chi connectivity index (χ1v) is 7.03. The highest BCUT2D eigenvalue weighted by molar-refractivity contribution is 5.72. The van der Waals surface area contributed by atoms with Crippen LogP contribution < -0.4 is 0 Å². The fourth-order valence-electron chi connectivity index (χ4n) is 2.39. The Morgan fingerprint density at radius 1 is 1.45 bits per heavy atom. The molecule has 1 heterocycles. The van der Waals surface area contributed by atoms with Crippen LogP contribution in [0.2, 0.25) is 0 Å². The van der Waals surface area contributed by atoms with E-state index in [1.165, 1.54) is 4.90 Å². The van der Waals surface area contributed by atoms with Crippen molar-refractivity contribution in [2.24, 2.45) is 0 Å². The molecule has 114 valence electrons. The highest BCUT2D eigenvalue weighted by Gasteiger charge is 2.45. The predicted octanol–water partition coefficient (Wildman–Crippen LogP) is 2.28. The van der Waals surface area contributed by atoms with Gasteiger partial charge in [0, 0.05) is 13.0 Å². The van der Waals surface area contributed by atoms with Gasteiger partial charge in [-0.2, -0.15) is 0 Å². The van der Waals surface area contributed by atoms with Crippen molar-refractivity contribution in [1.82, 2.24) is 4.90 Å². The van der Waals surface area contributed by atoms with Crippen molar-refractivity contribution < 1.29 is 19.4 Å². The second-order valence-corrected chi connectivity index (χ2v) is 6.21. The standard InChI is InChI=1S/C15H25NO4/c1-5-6-9-15(19,11-17)12-8-7-10-16(12)13(18)20-14(2,3)4/h5-6,11-12,19H,7-10H2,1-4H3/b6-5+/t12-,15?/m1/s1. The SMILES string of the molecule is C/C=C/CC(O)(C=O)[C@H]1CCCN1C(=O)OC(C)(C)C. The van der Waals surface area contributed by atoms with E-state index in [4.69, 9.17) is 4.74 Å². The second kappa shape index (κ2) is 6.39. The Morgan fingerprint density at radius 3 is 2.60 bits per heavy atom. The minimum atomic E-state index is -1.54. The summed E-state index contributed by atoms with van der Waals surface area (Å²) in [4.78, 5) is 25.0. The van der Waals surface area contributed by atoms with E-state index in [9.17, 15) is 14.7 Å². The number of hydrogen-bond donors (Lipinski definition) is 1. The smallest absolute Gasteiger partial charge is 0.410 e. The lowest BCUT2D eigenvalue weighted by molar-refractivity contribution is -0.129. The van der Waals surface area contributed by atoms with Gasteiger partial charge in [0.15, 0.2) is 6.29 Å². The normalized spacial score (nSPS) is 22.9. The van der Waals surface area contributed by atoms with E-state index in [1.54, 1.807) is 32.9 Å². The molecule has 2 atom stereocenters.